The van der Waals surface area contributed by atoms with E-state index < -0.39 is 0 Å². The van der Waals surface area contributed by atoms with Crippen LogP contribution in [-0.4, -0.2) is 15.7 Å². The maximum absolute atomic E-state index is 11.9. The first-order valence-corrected chi connectivity index (χ1v) is 5.58. The summed E-state index contributed by atoms with van der Waals surface area (Å²) in [6.45, 7) is 2.72. The molecule has 0 aliphatic carbocycles. The summed E-state index contributed by atoms with van der Waals surface area (Å²) in [7, 11) is 0. The summed E-state index contributed by atoms with van der Waals surface area (Å²) in [6, 6.07) is 10.3. The van der Waals surface area contributed by atoms with Crippen molar-refractivity contribution < 1.29 is 4.79 Å². The lowest BCUT2D eigenvalue weighted by Gasteiger charge is -2.02. The summed E-state index contributed by atoms with van der Waals surface area (Å²) in [4.78, 5) is 11.9. The van der Waals surface area contributed by atoms with E-state index in [-0.39, 0.29) is 5.91 Å². The number of benzene rings is 1. The van der Waals surface area contributed by atoms with E-state index in [1.54, 1.807) is 41.2 Å². The van der Waals surface area contributed by atoms with Crippen molar-refractivity contribution in [3.63, 3.8) is 0 Å². The van der Waals surface area contributed by atoms with Crippen LogP contribution in [0.5, 0.6) is 0 Å². The van der Waals surface area contributed by atoms with Gasteiger partial charge in [-0.05, 0) is 25.1 Å². The first kappa shape index (κ1) is 11.9. The van der Waals surface area contributed by atoms with Gasteiger partial charge in [0.1, 0.15) is 0 Å². The SMILES string of the molecule is CCn1ccc(NC(=O)c2cccc(C#N)c2)n1. The highest BCUT2D eigenvalue weighted by Crippen LogP contribution is 2.08. The highest BCUT2D eigenvalue weighted by Gasteiger charge is 2.08. The zero-order valence-electron chi connectivity index (χ0n) is 9.92. The zero-order chi connectivity index (χ0) is 13.0. The Kier molecular flexibility index (Phi) is 3.39. The van der Waals surface area contributed by atoms with Crippen molar-refractivity contribution in [1.82, 2.24) is 9.78 Å². The fourth-order valence-corrected chi connectivity index (χ4v) is 1.52. The van der Waals surface area contributed by atoms with Crippen molar-refractivity contribution in [2.24, 2.45) is 0 Å². The lowest BCUT2D eigenvalue weighted by Crippen LogP contribution is -2.12. The van der Waals surface area contributed by atoms with E-state index in [0.717, 1.165) is 6.54 Å². The van der Waals surface area contributed by atoms with Gasteiger partial charge in [0.25, 0.3) is 5.91 Å². The highest BCUT2D eigenvalue weighted by molar-refractivity contribution is 6.03. The molecule has 5 nitrogen and oxygen atoms in total. The summed E-state index contributed by atoms with van der Waals surface area (Å²) >= 11 is 0. The molecule has 0 saturated carbocycles. The van der Waals surface area contributed by atoms with Crippen LogP contribution in [0.25, 0.3) is 0 Å². The Balaban J connectivity index is 2.14. The van der Waals surface area contributed by atoms with Gasteiger partial charge in [-0.2, -0.15) is 10.4 Å². The van der Waals surface area contributed by atoms with E-state index in [0.29, 0.717) is 16.9 Å². The van der Waals surface area contributed by atoms with Crippen LogP contribution in [0.15, 0.2) is 36.5 Å². The van der Waals surface area contributed by atoms with Gasteiger partial charge in [0, 0.05) is 24.4 Å². The largest absolute Gasteiger partial charge is 0.305 e. The minimum absolute atomic E-state index is 0.270. The Morgan fingerprint density at radius 2 is 2.33 bits per heavy atom. The van der Waals surface area contributed by atoms with Gasteiger partial charge < -0.3 is 5.32 Å². The number of nitriles is 1. The van der Waals surface area contributed by atoms with E-state index >= 15 is 0 Å². The summed E-state index contributed by atoms with van der Waals surface area (Å²) in [5, 5.41) is 15.6. The van der Waals surface area contributed by atoms with Crippen molar-refractivity contribution in [2.75, 3.05) is 5.32 Å². The third kappa shape index (κ3) is 2.55. The van der Waals surface area contributed by atoms with Gasteiger partial charge >= 0.3 is 0 Å². The average molecular weight is 240 g/mol. The number of aryl methyl sites for hydroxylation is 1. The van der Waals surface area contributed by atoms with Crippen LogP contribution in [0, 0.1) is 11.3 Å². The van der Waals surface area contributed by atoms with E-state index in [1.165, 1.54) is 0 Å². The van der Waals surface area contributed by atoms with Crippen molar-refractivity contribution in [3.8, 4) is 6.07 Å². The number of amides is 1. The van der Waals surface area contributed by atoms with Gasteiger partial charge in [0.2, 0.25) is 0 Å². The minimum Gasteiger partial charge on any atom is -0.305 e. The van der Waals surface area contributed by atoms with Crippen molar-refractivity contribution >= 4 is 11.7 Å². The molecule has 0 bridgehead atoms. The Hall–Kier alpha value is -2.61. The normalized spacial score (nSPS) is 9.78. The molecule has 1 aromatic heterocycles. The molecule has 1 heterocycles. The average Bonchev–Trinajstić information content (AvgIpc) is 2.86. The number of rotatable bonds is 3. The van der Waals surface area contributed by atoms with Crippen LogP contribution >= 0.6 is 0 Å². The molecule has 1 aromatic carbocycles. The molecule has 2 aromatic rings. The number of carbonyl (C=O) groups excluding carboxylic acids is 1. The third-order valence-corrected chi connectivity index (χ3v) is 2.46. The van der Waals surface area contributed by atoms with Crippen LogP contribution in [0.1, 0.15) is 22.8 Å². The molecule has 2 rings (SSSR count). The summed E-state index contributed by atoms with van der Waals surface area (Å²) in [5.74, 6) is 0.234. The fraction of sp³-hybridized carbons (Fsp3) is 0.154. The topological polar surface area (TPSA) is 70.7 Å². The lowest BCUT2D eigenvalue weighted by molar-refractivity contribution is 0.102. The smallest absolute Gasteiger partial charge is 0.256 e. The Morgan fingerprint density at radius 3 is 3.00 bits per heavy atom. The maximum atomic E-state index is 11.9. The molecule has 0 aliphatic rings. The lowest BCUT2D eigenvalue weighted by atomic mass is 10.1. The van der Waals surface area contributed by atoms with Gasteiger partial charge in [-0.3, -0.25) is 9.48 Å². The van der Waals surface area contributed by atoms with Crippen LogP contribution < -0.4 is 5.32 Å². The van der Waals surface area contributed by atoms with E-state index in [1.807, 2.05) is 13.0 Å². The number of nitrogens with zero attached hydrogens (tertiary/aromatic N) is 3. The molecule has 0 saturated heterocycles. The second kappa shape index (κ2) is 5.15. The second-order valence-electron chi connectivity index (χ2n) is 3.70. The van der Waals surface area contributed by atoms with Crippen LogP contribution in [0.2, 0.25) is 0 Å². The van der Waals surface area contributed by atoms with E-state index in [9.17, 15) is 4.79 Å². The first-order valence-electron chi connectivity index (χ1n) is 5.58. The second-order valence-corrected chi connectivity index (χ2v) is 3.70. The Labute approximate surface area is 105 Å². The quantitative estimate of drug-likeness (QED) is 0.892. The molecule has 18 heavy (non-hydrogen) atoms. The Morgan fingerprint density at radius 1 is 1.50 bits per heavy atom. The van der Waals surface area contributed by atoms with Crippen LogP contribution in [0.3, 0.4) is 0 Å². The van der Waals surface area contributed by atoms with Gasteiger partial charge in [0.05, 0.1) is 11.6 Å². The minimum atomic E-state index is -0.270. The number of nitrogens with one attached hydrogen (secondary N) is 1. The summed E-state index contributed by atoms with van der Waals surface area (Å²) < 4.78 is 1.72. The molecule has 0 fully saturated rings. The van der Waals surface area contributed by atoms with Gasteiger partial charge in [-0.25, -0.2) is 0 Å². The fourth-order valence-electron chi connectivity index (χ4n) is 1.52. The molecule has 0 spiro atoms. The third-order valence-electron chi connectivity index (χ3n) is 2.46. The van der Waals surface area contributed by atoms with Crippen LogP contribution in [-0.2, 0) is 6.54 Å². The Bertz CT molecular complexity index is 609. The number of hydrogen-bond donors (Lipinski definition) is 1. The van der Waals surface area contributed by atoms with Crippen LogP contribution in [0.4, 0.5) is 5.82 Å². The molecule has 1 N–H and O–H groups in total. The molecular formula is C13H12N4O. The number of aromatic nitrogens is 2. The predicted octanol–water partition coefficient (Wildman–Crippen LogP) is 2.03. The number of anilines is 1. The number of carbonyl (C=O) groups is 1. The van der Waals surface area contributed by atoms with E-state index in [4.69, 9.17) is 5.26 Å². The predicted molar refractivity (Wildman–Crippen MR) is 67.0 cm³/mol. The van der Waals surface area contributed by atoms with Gasteiger partial charge in [0.15, 0.2) is 5.82 Å². The number of hydrogen-bond acceptors (Lipinski definition) is 3. The van der Waals surface area contributed by atoms with Crippen molar-refractivity contribution in [3.05, 3.63) is 47.7 Å². The molecule has 90 valence electrons. The maximum Gasteiger partial charge on any atom is 0.256 e. The standard InChI is InChI=1S/C13H12N4O/c1-2-17-7-6-12(16-17)15-13(18)11-5-3-4-10(8-11)9-14/h3-8H,2H2,1H3,(H,15,16,18). The summed E-state index contributed by atoms with van der Waals surface area (Å²) in [5.41, 5.74) is 0.904. The molecule has 0 aliphatic heterocycles. The van der Waals surface area contributed by atoms with Crippen molar-refractivity contribution in [2.45, 2.75) is 13.5 Å². The molecule has 0 atom stereocenters. The first-order chi connectivity index (χ1) is 8.72. The zero-order valence-corrected chi connectivity index (χ0v) is 9.92. The highest BCUT2D eigenvalue weighted by atomic mass is 16.1. The monoisotopic (exact) mass is 240 g/mol. The van der Waals surface area contributed by atoms with Gasteiger partial charge in [-0.15, -0.1) is 0 Å². The molecule has 1 amide bonds. The molecule has 0 radical (unpaired) electrons. The van der Waals surface area contributed by atoms with E-state index in [2.05, 4.69) is 10.4 Å². The van der Waals surface area contributed by atoms with Crippen molar-refractivity contribution in [1.29, 1.82) is 5.26 Å². The molecule has 5 heteroatoms. The molecular weight excluding hydrogens is 228 g/mol. The summed E-state index contributed by atoms with van der Waals surface area (Å²) in [6.07, 6.45) is 1.79. The van der Waals surface area contributed by atoms with Gasteiger partial charge in [-0.1, -0.05) is 6.07 Å². The molecule has 0 unspecified atom stereocenters.